The highest BCUT2D eigenvalue weighted by molar-refractivity contribution is 7.92. The first-order chi connectivity index (χ1) is 17.1. The Kier molecular flexibility index (Phi) is 8.79. The van der Waals surface area contributed by atoms with Crippen molar-refractivity contribution in [2.45, 2.75) is 11.1 Å². The second kappa shape index (κ2) is 11.4. The van der Waals surface area contributed by atoms with Crippen LogP contribution in [-0.2, 0) is 14.8 Å². The van der Waals surface area contributed by atoms with Crippen molar-refractivity contribution in [2.75, 3.05) is 4.72 Å². The summed E-state index contributed by atoms with van der Waals surface area (Å²) in [6.45, 7) is 0. The number of benzene rings is 3. The summed E-state index contributed by atoms with van der Waals surface area (Å²) >= 11 is 0. The van der Waals surface area contributed by atoms with Gasteiger partial charge in [0.05, 0.1) is 4.90 Å². The van der Waals surface area contributed by atoms with E-state index in [1.807, 2.05) is 0 Å². The molecule has 0 unspecified atom stereocenters. The number of hydrogen-bond donors (Lipinski definition) is 5. The summed E-state index contributed by atoms with van der Waals surface area (Å²) in [6, 6.07) is 14.1. The predicted octanol–water partition coefficient (Wildman–Crippen LogP) is 4.03. The number of aliphatic carboxylic acids is 1. The molecule has 3 aromatic carbocycles. The van der Waals surface area contributed by atoms with Gasteiger partial charge >= 0.3 is 18.1 Å². The fourth-order valence-corrected chi connectivity index (χ4v) is 3.58. The number of hydrogen-bond acceptors (Lipinski definition) is 6. The third-order valence-corrected chi connectivity index (χ3v) is 5.60. The summed E-state index contributed by atoms with van der Waals surface area (Å²) < 4.78 is 77.5. The van der Waals surface area contributed by atoms with Crippen molar-refractivity contribution in [3.05, 3.63) is 83.7 Å². The number of anilines is 1. The van der Waals surface area contributed by atoms with E-state index in [4.69, 9.17) is 25.8 Å². The molecule has 10 nitrogen and oxygen atoms in total. The molecule has 15 heteroatoms. The number of carboxylic acids is 2. The molecule has 3 rings (SSSR count). The number of alkyl halides is 3. The average molecular weight is 543 g/mol. The number of carbonyl (C=O) groups is 2. The van der Waals surface area contributed by atoms with Crippen LogP contribution in [-0.4, -0.2) is 42.6 Å². The van der Waals surface area contributed by atoms with Gasteiger partial charge in [0.25, 0.3) is 10.0 Å². The first-order valence-corrected chi connectivity index (χ1v) is 11.2. The Labute approximate surface area is 206 Å². The molecule has 0 saturated heterocycles. The third-order valence-electron chi connectivity index (χ3n) is 4.20. The lowest BCUT2D eigenvalue weighted by Gasteiger charge is -2.13. The average Bonchev–Trinajstić information content (AvgIpc) is 2.80. The number of carboxylic acid groups (broad SMARTS) is 2. The Morgan fingerprint density at radius 2 is 1.57 bits per heavy atom. The van der Waals surface area contributed by atoms with E-state index in [0.29, 0.717) is 5.56 Å². The van der Waals surface area contributed by atoms with Crippen LogP contribution in [0.2, 0.25) is 0 Å². The van der Waals surface area contributed by atoms with Crippen molar-refractivity contribution in [1.29, 1.82) is 5.41 Å². The fraction of sp³-hybridized carbons (Fsp3) is 0.0455. The van der Waals surface area contributed by atoms with E-state index >= 15 is 0 Å². The van der Waals surface area contributed by atoms with Gasteiger partial charge in [-0.15, -0.1) is 0 Å². The van der Waals surface area contributed by atoms with Gasteiger partial charge < -0.3 is 20.7 Å². The van der Waals surface area contributed by atoms with Crippen LogP contribution in [0.3, 0.4) is 0 Å². The molecule has 0 fully saturated rings. The summed E-state index contributed by atoms with van der Waals surface area (Å²) in [4.78, 5) is 20.4. The molecule has 0 spiro atoms. The molecule has 0 aliphatic heterocycles. The molecule has 196 valence electrons. The molecular formula is C22H17F4N3O7S. The van der Waals surface area contributed by atoms with E-state index in [1.54, 1.807) is 18.2 Å². The SMILES string of the molecule is N=C(N)c1cccc(Oc2ccc(NS(=O)(=O)c3ccc(F)cc3)cc2C(=O)O)c1.O=C(O)C(F)(F)F. The van der Waals surface area contributed by atoms with Gasteiger partial charge in [-0.2, -0.15) is 13.2 Å². The van der Waals surface area contributed by atoms with Gasteiger partial charge in [-0.1, -0.05) is 12.1 Å². The highest BCUT2D eigenvalue weighted by Crippen LogP contribution is 2.29. The number of amidine groups is 1. The number of nitrogen functional groups attached to an aromatic ring is 1. The molecule has 0 saturated carbocycles. The van der Waals surface area contributed by atoms with Crippen molar-refractivity contribution < 1.29 is 50.5 Å². The first-order valence-electron chi connectivity index (χ1n) is 9.68. The van der Waals surface area contributed by atoms with Gasteiger partial charge in [0.2, 0.25) is 0 Å². The quantitative estimate of drug-likeness (QED) is 0.168. The maximum Gasteiger partial charge on any atom is 0.490 e. The van der Waals surface area contributed by atoms with Crippen LogP contribution >= 0.6 is 0 Å². The molecule has 0 radical (unpaired) electrons. The third kappa shape index (κ3) is 8.21. The number of rotatable bonds is 7. The molecule has 0 heterocycles. The van der Waals surface area contributed by atoms with Crippen LogP contribution < -0.4 is 15.2 Å². The van der Waals surface area contributed by atoms with E-state index in [-0.39, 0.29) is 33.5 Å². The van der Waals surface area contributed by atoms with Gasteiger partial charge in [-0.25, -0.2) is 22.4 Å². The van der Waals surface area contributed by atoms with Crippen LogP contribution in [0.1, 0.15) is 15.9 Å². The highest BCUT2D eigenvalue weighted by atomic mass is 32.2. The molecule has 0 aromatic heterocycles. The second-order valence-corrected chi connectivity index (χ2v) is 8.60. The lowest BCUT2D eigenvalue weighted by Crippen LogP contribution is -2.21. The normalized spacial score (nSPS) is 11.0. The maximum absolute atomic E-state index is 13.0. The minimum atomic E-state index is -5.08. The van der Waals surface area contributed by atoms with E-state index < -0.39 is 34.0 Å². The van der Waals surface area contributed by atoms with Crippen LogP contribution in [0.4, 0.5) is 23.2 Å². The molecule has 37 heavy (non-hydrogen) atoms. The van der Waals surface area contributed by atoms with Crippen LogP contribution in [0.5, 0.6) is 11.5 Å². The van der Waals surface area contributed by atoms with Crippen LogP contribution in [0, 0.1) is 11.2 Å². The Bertz CT molecular complexity index is 1430. The van der Waals surface area contributed by atoms with E-state index in [0.717, 1.165) is 30.3 Å². The summed E-state index contributed by atoms with van der Waals surface area (Å²) in [5.74, 6) is -4.64. The maximum atomic E-state index is 13.0. The van der Waals surface area contributed by atoms with Gasteiger partial charge in [-0.3, -0.25) is 10.1 Å². The van der Waals surface area contributed by atoms with Gasteiger partial charge in [0.1, 0.15) is 28.7 Å². The van der Waals surface area contributed by atoms with E-state index in [9.17, 15) is 35.9 Å². The van der Waals surface area contributed by atoms with Gasteiger partial charge in [0, 0.05) is 11.3 Å². The Morgan fingerprint density at radius 3 is 2.08 bits per heavy atom. The monoisotopic (exact) mass is 543 g/mol. The summed E-state index contributed by atoms with van der Waals surface area (Å²) in [7, 11) is -4.05. The Balaban J connectivity index is 0.000000604. The highest BCUT2D eigenvalue weighted by Gasteiger charge is 2.38. The molecule has 3 aromatic rings. The molecule has 0 bridgehead atoms. The lowest BCUT2D eigenvalue weighted by atomic mass is 10.1. The van der Waals surface area contributed by atoms with Crippen molar-refractivity contribution >= 4 is 33.5 Å². The van der Waals surface area contributed by atoms with Crippen molar-refractivity contribution in [1.82, 2.24) is 0 Å². The molecule has 0 aliphatic rings. The smallest absolute Gasteiger partial charge is 0.478 e. The number of sulfonamides is 1. The predicted molar refractivity (Wildman–Crippen MR) is 122 cm³/mol. The van der Waals surface area contributed by atoms with Crippen molar-refractivity contribution in [3.63, 3.8) is 0 Å². The van der Waals surface area contributed by atoms with Gasteiger partial charge in [0.15, 0.2) is 0 Å². The number of nitrogens with two attached hydrogens (primary N) is 1. The summed E-state index contributed by atoms with van der Waals surface area (Å²) in [5.41, 5.74) is 5.53. The topological polar surface area (TPSA) is 180 Å². The summed E-state index contributed by atoms with van der Waals surface area (Å²) in [5, 5.41) is 24.1. The number of halogens is 4. The van der Waals surface area contributed by atoms with Crippen LogP contribution in [0.25, 0.3) is 0 Å². The number of nitrogens with one attached hydrogen (secondary N) is 2. The zero-order chi connectivity index (χ0) is 28.0. The number of aromatic carboxylic acids is 1. The van der Waals surface area contributed by atoms with Crippen molar-refractivity contribution in [2.24, 2.45) is 5.73 Å². The van der Waals surface area contributed by atoms with E-state index in [1.165, 1.54) is 18.2 Å². The molecule has 6 N–H and O–H groups in total. The van der Waals surface area contributed by atoms with Gasteiger partial charge in [-0.05, 0) is 54.6 Å². The minimum absolute atomic E-state index is 0.0124. The molecule has 0 atom stereocenters. The largest absolute Gasteiger partial charge is 0.490 e. The zero-order valence-electron chi connectivity index (χ0n) is 18.3. The molecular weight excluding hydrogens is 526 g/mol. The molecule has 0 amide bonds. The fourth-order valence-electron chi connectivity index (χ4n) is 2.53. The Morgan fingerprint density at radius 1 is 0.973 bits per heavy atom. The Hall–Kier alpha value is -4.66. The standard InChI is InChI=1S/C20H16FN3O5S.C2HF3O2/c21-13-4-7-16(8-5-13)30(27,28)24-14-6-9-18(17(11-14)20(25)26)29-15-3-1-2-12(10-15)19(22)23;3-2(4,5)1(6)7/h1-11,24H,(H3,22,23)(H,25,26);(H,6,7). The summed E-state index contributed by atoms with van der Waals surface area (Å²) in [6.07, 6.45) is -5.08. The van der Waals surface area contributed by atoms with Crippen LogP contribution in [0.15, 0.2) is 71.6 Å². The zero-order valence-corrected chi connectivity index (χ0v) is 19.1. The molecule has 0 aliphatic carbocycles. The van der Waals surface area contributed by atoms with Crippen molar-refractivity contribution in [3.8, 4) is 11.5 Å². The number of ether oxygens (including phenoxy) is 1. The second-order valence-electron chi connectivity index (χ2n) is 6.92. The lowest BCUT2D eigenvalue weighted by molar-refractivity contribution is -0.192. The first kappa shape index (κ1) is 28.6. The minimum Gasteiger partial charge on any atom is -0.478 e. The van der Waals surface area contributed by atoms with E-state index in [2.05, 4.69) is 4.72 Å².